The van der Waals surface area contributed by atoms with Crippen molar-refractivity contribution in [2.24, 2.45) is 0 Å². The van der Waals surface area contributed by atoms with Gasteiger partial charge in [0.2, 0.25) is 6.41 Å². The van der Waals surface area contributed by atoms with Gasteiger partial charge in [0.1, 0.15) is 0 Å². The Bertz CT molecular complexity index is 244. The zero-order chi connectivity index (χ0) is 12.5. The molecule has 0 spiro atoms. The Kier molecular flexibility index (Phi) is 19.3. The summed E-state index contributed by atoms with van der Waals surface area (Å²) in [5.41, 5.74) is 0. The maximum Gasteiger partial charge on any atom is 0.211 e. The maximum absolute atomic E-state index is 9.58. The van der Waals surface area contributed by atoms with Crippen molar-refractivity contribution in [1.82, 2.24) is 15.3 Å². The van der Waals surface area contributed by atoms with Gasteiger partial charge in [0, 0.05) is 31.0 Å². The molecule has 0 fully saturated rings. The lowest BCUT2D eigenvalue weighted by atomic mass is 10.5. The van der Waals surface area contributed by atoms with Crippen LogP contribution in [0.1, 0.15) is 20.8 Å². The van der Waals surface area contributed by atoms with E-state index in [0.29, 0.717) is 6.41 Å². The summed E-state index contributed by atoms with van der Waals surface area (Å²) in [6.07, 6.45) is 14.2. The lowest BCUT2D eigenvalue weighted by Gasteiger charge is -1.76. The van der Waals surface area contributed by atoms with Crippen LogP contribution < -0.4 is 5.32 Å². The predicted octanol–water partition coefficient (Wildman–Crippen LogP) is 2.33. The van der Waals surface area contributed by atoms with Crippen molar-refractivity contribution in [1.29, 1.82) is 0 Å². The third-order valence-electron chi connectivity index (χ3n) is 1.04. The average molecular weight is 221 g/mol. The van der Waals surface area contributed by atoms with E-state index in [-0.39, 0.29) is 0 Å². The highest BCUT2D eigenvalue weighted by Crippen LogP contribution is 1.70. The lowest BCUT2D eigenvalue weighted by molar-refractivity contribution is -0.108. The SMILES string of the molecule is C/C=C\C=C/NC=O.CC.c1cnccn1. The molecular weight excluding hydrogens is 202 g/mol. The van der Waals surface area contributed by atoms with Gasteiger partial charge in [-0.3, -0.25) is 14.8 Å². The summed E-state index contributed by atoms with van der Waals surface area (Å²) in [6, 6.07) is 0. The molecule has 0 saturated carbocycles. The minimum absolute atomic E-state index is 0.625. The van der Waals surface area contributed by atoms with Crippen molar-refractivity contribution >= 4 is 6.41 Å². The van der Waals surface area contributed by atoms with Crippen molar-refractivity contribution in [2.75, 3.05) is 0 Å². The van der Waals surface area contributed by atoms with Crippen LogP contribution in [-0.4, -0.2) is 16.4 Å². The number of hydrogen-bond acceptors (Lipinski definition) is 3. The molecule has 1 N–H and O–H groups in total. The van der Waals surface area contributed by atoms with E-state index < -0.39 is 0 Å². The topological polar surface area (TPSA) is 54.9 Å². The van der Waals surface area contributed by atoms with Gasteiger partial charge in [0.15, 0.2) is 0 Å². The lowest BCUT2D eigenvalue weighted by Crippen LogP contribution is -1.97. The van der Waals surface area contributed by atoms with Gasteiger partial charge in [-0.1, -0.05) is 26.0 Å². The van der Waals surface area contributed by atoms with Crippen LogP contribution in [0.2, 0.25) is 0 Å². The maximum atomic E-state index is 9.58. The fourth-order valence-corrected chi connectivity index (χ4v) is 0.515. The van der Waals surface area contributed by atoms with Gasteiger partial charge >= 0.3 is 0 Å². The number of amides is 1. The molecule has 1 aromatic heterocycles. The Morgan fingerprint density at radius 2 is 1.50 bits per heavy atom. The van der Waals surface area contributed by atoms with E-state index in [1.165, 1.54) is 0 Å². The summed E-state index contributed by atoms with van der Waals surface area (Å²) < 4.78 is 0. The Hall–Kier alpha value is -1.97. The zero-order valence-corrected chi connectivity index (χ0v) is 10.00. The van der Waals surface area contributed by atoms with Gasteiger partial charge in [0.05, 0.1) is 0 Å². The van der Waals surface area contributed by atoms with Crippen LogP contribution in [0, 0.1) is 0 Å². The molecule has 0 unspecified atom stereocenters. The van der Waals surface area contributed by atoms with Crippen molar-refractivity contribution in [3.05, 3.63) is 49.2 Å². The summed E-state index contributed by atoms with van der Waals surface area (Å²) in [5, 5.41) is 2.37. The van der Waals surface area contributed by atoms with Crippen LogP contribution >= 0.6 is 0 Å². The molecule has 0 aliphatic rings. The molecule has 1 rings (SSSR count). The van der Waals surface area contributed by atoms with Gasteiger partial charge in [-0.25, -0.2) is 0 Å². The van der Waals surface area contributed by atoms with Crippen LogP contribution in [0.3, 0.4) is 0 Å². The second kappa shape index (κ2) is 18.7. The first-order chi connectivity index (χ1) is 7.91. The van der Waals surface area contributed by atoms with E-state index >= 15 is 0 Å². The Morgan fingerprint density at radius 1 is 1.00 bits per heavy atom. The molecule has 0 radical (unpaired) electrons. The number of aromatic nitrogens is 2. The number of allylic oxidation sites excluding steroid dienone is 3. The van der Waals surface area contributed by atoms with E-state index in [9.17, 15) is 4.79 Å². The molecule has 0 saturated heterocycles. The third kappa shape index (κ3) is 17.9. The fraction of sp³-hybridized carbons (Fsp3) is 0.250. The van der Waals surface area contributed by atoms with Crippen molar-refractivity contribution in [3.8, 4) is 0 Å². The second-order valence-electron chi connectivity index (χ2n) is 2.06. The van der Waals surface area contributed by atoms with Crippen molar-refractivity contribution in [2.45, 2.75) is 20.8 Å². The minimum Gasteiger partial charge on any atom is -0.335 e. The third-order valence-corrected chi connectivity index (χ3v) is 1.04. The summed E-state index contributed by atoms with van der Waals surface area (Å²) in [4.78, 5) is 17.0. The second-order valence-corrected chi connectivity index (χ2v) is 2.06. The average Bonchev–Trinajstić information content (AvgIpc) is 2.40. The molecule has 4 nitrogen and oxygen atoms in total. The first-order valence-electron chi connectivity index (χ1n) is 5.09. The smallest absolute Gasteiger partial charge is 0.211 e. The van der Waals surface area contributed by atoms with Crippen molar-refractivity contribution in [3.63, 3.8) is 0 Å². The van der Waals surface area contributed by atoms with Gasteiger partial charge in [-0.2, -0.15) is 0 Å². The minimum atomic E-state index is 0.625. The number of rotatable bonds is 3. The van der Waals surface area contributed by atoms with Crippen LogP contribution in [0.15, 0.2) is 49.2 Å². The molecule has 0 bridgehead atoms. The first-order valence-corrected chi connectivity index (χ1v) is 5.09. The largest absolute Gasteiger partial charge is 0.335 e. The molecule has 0 atom stereocenters. The molecule has 1 heterocycles. The molecule has 16 heavy (non-hydrogen) atoms. The highest BCUT2D eigenvalue weighted by molar-refractivity contribution is 5.47. The molecule has 1 aromatic rings. The van der Waals surface area contributed by atoms with Crippen LogP contribution in [-0.2, 0) is 4.79 Å². The monoisotopic (exact) mass is 221 g/mol. The normalized spacial score (nSPS) is 8.69. The standard InChI is InChI=1S/C6H9NO.C4H4N2.C2H6/c1-2-3-4-5-7-6-8;1-2-6-4-3-5-1;1-2/h2-6H,1H3,(H,7,8);1-4H;1-2H3/b3-2-,5-4-;;. The van der Waals surface area contributed by atoms with E-state index in [1.54, 1.807) is 37.1 Å². The number of nitrogens with zero attached hydrogens (tertiary/aromatic N) is 2. The van der Waals surface area contributed by atoms with E-state index in [2.05, 4.69) is 15.3 Å². The van der Waals surface area contributed by atoms with Gasteiger partial charge in [0.25, 0.3) is 0 Å². The van der Waals surface area contributed by atoms with Crippen LogP contribution in [0.4, 0.5) is 0 Å². The Balaban J connectivity index is 0. The number of carbonyl (C=O) groups is 1. The zero-order valence-electron chi connectivity index (χ0n) is 10.00. The quantitative estimate of drug-likeness (QED) is 0.629. The molecule has 0 aliphatic heterocycles. The van der Waals surface area contributed by atoms with E-state index in [0.717, 1.165) is 0 Å². The molecule has 0 aliphatic carbocycles. The Labute approximate surface area is 97.1 Å². The predicted molar refractivity (Wildman–Crippen MR) is 66.5 cm³/mol. The summed E-state index contributed by atoms with van der Waals surface area (Å²) >= 11 is 0. The molecule has 4 heteroatoms. The number of hydrogen-bond donors (Lipinski definition) is 1. The molecule has 0 aromatic carbocycles. The highest BCUT2D eigenvalue weighted by Gasteiger charge is 1.60. The van der Waals surface area contributed by atoms with Crippen molar-refractivity contribution < 1.29 is 4.79 Å². The number of nitrogens with one attached hydrogen (secondary N) is 1. The van der Waals surface area contributed by atoms with E-state index in [1.807, 2.05) is 32.9 Å². The Morgan fingerprint density at radius 3 is 1.81 bits per heavy atom. The van der Waals surface area contributed by atoms with Crippen LogP contribution in [0.5, 0.6) is 0 Å². The van der Waals surface area contributed by atoms with Crippen LogP contribution in [0.25, 0.3) is 0 Å². The highest BCUT2D eigenvalue weighted by atomic mass is 16.1. The summed E-state index contributed by atoms with van der Waals surface area (Å²) in [6.45, 7) is 5.91. The fourth-order valence-electron chi connectivity index (χ4n) is 0.515. The molecule has 1 amide bonds. The molecule has 88 valence electrons. The van der Waals surface area contributed by atoms with E-state index in [4.69, 9.17) is 0 Å². The number of carbonyl (C=O) groups excluding carboxylic acids is 1. The van der Waals surface area contributed by atoms with Gasteiger partial charge in [-0.15, -0.1) is 0 Å². The van der Waals surface area contributed by atoms with Gasteiger partial charge < -0.3 is 5.32 Å². The first kappa shape index (κ1) is 16.5. The molecular formula is C12H19N3O. The van der Waals surface area contributed by atoms with Gasteiger partial charge in [-0.05, 0) is 13.0 Å². The summed E-state index contributed by atoms with van der Waals surface area (Å²) in [5.74, 6) is 0. The summed E-state index contributed by atoms with van der Waals surface area (Å²) in [7, 11) is 0.